The van der Waals surface area contributed by atoms with E-state index in [1.54, 1.807) is 18.5 Å². The third-order valence-electron chi connectivity index (χ3n) is 5.14. The van der Waals surface area contributed by atoms with Crippen LogP contribution in [0.4, 0.5) is 10.2 Å². The van der Waals surface area contributed by atoms with Crippen molar-refractivity contribution in [1.82, 2.24) is 19.9 Å². The Hall–Kier alpha value is -3.31. The molecule has 1 saturated heterocycles. The van der Waals surface area contributed by atoms with E-state index in [2.05, 4.69) is 24.8 Å². The Morgan fingerprint density at radius 2 is 1.77 bits per heavy atom. The molecule has 0 aliphatic carbocycles. The predicted octanol–water partition coefficient (Wildman–Crippen LogP) is 3.00. The Morgan fingerprint density at radius 1 is 0.903 bits per heavy atom. The molecular formula is C23H19AsFN5O. The summed E-state index contributed by atoms with van der Waals surface area (Å²) in [7, 11) is 0. The number of para-hydroxylation sites is 1. The van der Waals surface area contributed by atoms with Crippen LogP contribution in [0.25, 0.3) is 22.4 Å². The van der Waals surface area contributed by atoms with Crippen LogP contribution in [-0.4, -0.2) is 49.9 Å². The van der Waals surface area contributed by atoms with Crippen molar-refractivity contribution in [2.75, 3.05) is 18.0 Å². The van der Waals surface area contributed by atoms with E-state index < -0.39 is 0 Å². The maximum atomic E-state index is 14.9. The van der Waals surface area contributed by atoms with Crippen molar-refractivity contribution in [3.05, 3.63) is 73.1 Å². The zero-order valence-corrected chi connectivity index (χ0v) is 19.0. The van der Waals surface area contributed by atoms with Crippen LogP contribution in [0.2, 0.25) is 0 Å². The van der Waals surface area contributed by atoms with Crippen molar-refractivity contribution in [2.45, 2.75) is 6.42 Å². The van der Waals surface area contributed by atoms with Crippen LogP contribution in [0, 0.1) is 5.82 Å². The number of hydrogen-bond acceptors (Lipinski definition) is 6. The van der Waals surface area contributed by atoms with E-state index in [1.165, 1.54) is 35.7 Å². The van der Waals surface area contributed by atoms with Gasteiger partial charge in [0.05, 0.1) is 0 Å². The number of anilines is 1. The number of benzene rings is 2. The second kappa shape index (κ2) is 8.44. The SMILES string of the molecule is Fc1cc(-c2ccccc2Oc2cc(N3CCC3)ncn2)ccc1-c1cnc([AsH2])cn1. The van der Waals surface area contributed by atoms with Gasteiger partial charge in [-0.1, -0.05) is 0 Å². The second-order valence-electron chi connectivity index (χ2n) is 7.17. The first-order chi connectivity index (χ1) is 15.2. The summed E-state index contributed by atoms with van der Waals surface area (Å²) >= 11 is 1.38. The van der Waals surface area contributed by atoms with Gasteiger partial charge in [0.15, 0.2) is 0 Å². The molecule has 4 aromatic rings. The summed E-state index contributed by atoms with van der Waals surface area (Å²) in [6.45, 7) is 1.98. The van der Waals surface area contributed by atoms with Gasteiger partial charge in [-0.05, 0) is 6.42 Å². The van der Waals surface area contributed by atoms with E-state index in [1.807, 2.05) is 36.4 Å². The molecule has 1 atom stereocenters. The maximum absolute atomic E-state index is 14.9. The Kier molecular flexibility index (Phi) is 5.35. The normalized spacial score (nSPS) is 13.0. The molecule has 2 aromatic heterocycles. The summed E-state index contributed by atoms with van der Waals surface area (Å²) in [6.07, 6.45) is 5.92. The van der Waals surface area contributed by atoms with Crippen LogP contribution >= 0.6 is 0 Å². The Balaban J connectivity index is 1.45. The van der Waals surface area contributed by atoms with Crippen molar-refractivity contribution in [3.63, 3.8) is 0 Å². The van der Waals surface area contributed by atoms with Crippen molar-refractivity contribution in [1.29, 1.82) is 0 Å². The third-order valence-corrected chi connectivity index (χ3v) is 5.76. The van der Waals surface area contributed by atoms with Gasteiger partial charge in [0.2, 0.25) is 0 Å². The Bertz CT molecular complexity index is 1230. The third kappa shape index (κ3) is 4.14. The van der Waals surface area contributed by atoms with Crippen molar-refractivity contribution in [3.8, 4) is 34.0 Å². The van der Waals surface area contributed by atoms with Gasteiger partial charge in [-0.3, -0.25) is 0 Å². The zero-order valence-electron chi connectivity index (χ0n) is 16.6. The number of rotatable bonds is 5. The predicted molar refractivity (Wildman–Crippen MR) is 120 cm³/mol. The van der Waals surface area contributed by atoms with Gasteiger partial charge in [0.1, 0.15) is 12.1 Å². The minimum atomic E-state index is -0.363. The summed E-state index contributed by atoms with van der Waals surface area (Å²) in [5.41, 5.74) is 2.40. The van der Waals surface area contributed by atoms with Crippen LogP contribution in [0.5, 0.6) is 11.6 Å². The first-order valence-electron chi connectivity index (χ1n) is 9.89. The zero-order chi connectivity index (χ0) is 21.2. The molecule has 0 amide bonds. The standard InChI is InChI=1S/C23H19AsFN5O/c24-21-13-26-19(12-27-21)17-7-6-15(10-18(17)25)16-4-1-2-5-20(16)31-23-11-22(28-14-29-23)30-8-3-9-30/h1-2,4-7,10-14H,3,8-9,24H2. The summed E-state index contributed by atoms with van der Waals surface area (Å²) in [5.74, 6) is 1.54. The summed E-state index contributed by atoms with van der Waals surface area (Å²) in [6, 6.07) is 14.4. The molecule has 1 aliphatic rings. The number of halogens is 1. The fraction of sp³-hybridized carbons (Fsp3) is 0.130. The molecule has 0 radical (unpaired) electrons. The summed E-state index contributed by atoms with van der Waals surface area (Å²) in [5, 5.41) is 0. The topological polar surface area (TPSA) is 64.0 Å². The fourth-order valence-electron chi connectivity index (χ4n) is 3.38. The van der Waals surface area contributed by atoms with Crippen LogP contribution in [0.15, 0.2) is 67.3 Å². The number of hydrogen-bond donors (Lipinski definition) is 0. The average Bonchev–Trinajstić information content (AvgIpc) is 2.74. The van der Waals surface area contributed by atoms with E-state index in [0.717, 1.165) is 29.0 Å². The molecular weight excluding hydrogens is 456 g/mol. The molecule has 1 fully saturated rings. The van der Waals surface area contributed by atoms with Gasteiger partial charge in [-0.2, -0.15) is 0 Å². The van der Waals surface area contributed by atoms with E-state index in [0.29, 0.717) is 28.5 Å². The molecule has 1 unspecified atom stereocenters. The first-order valence-corrected chi connectivity index (χ1v) is 11.1. The molecule has 154 valence electrons. The minimum absolute atomic E-state index is 0.363. The molecule has 0 saturated carbocycles. The molecule has 3 heterocycles. The molecule has 31 heavy (non-hydrogen) atoms. The van der Waals surface area contributed by atoms with Gasteiger partial charge in [-0.25, -0.2) is 9.97 Å². The summed E-state index contributed by atoms with van der Waals surface area (Å²) < 4.78 is 21.9. The summed E-state index contributed by atoms with van der Waals surface area (Å²) in [4.78, 5) is 19.2. The molecule has 2 aromatic carbocycles. The monoisotopic (exact) mass is 475 g/mol. The van der Waals surface area contributed by atoms with Gasteiger partial charge in [-0.15, -0.1) is 0 Å². The molecule has 0 spiro atoms. The van der Waals surface area contributed by atoms with E-state index >= 15 is 0 Å². The van der Waals surface area contributed by atoms with Crippen LogP contribution < -0.4 is 14.1 Å². The van der Waals surface area contributed by atoms with Crippen molar-refractivity contribution < 1.29 is 9.13 Å². The average molecular weight is 475 g/mol. The van der Waals surface area contributed by atoms with Gasteiger partial charge in [0.25, 0.3) is 0 Å². The van der Waals surface area contributed by atoms with E-state index in [4.69, 9.17) is 4.74 Å². The van der Waals surface area contributed by atoms with Gasteiger partial charge >= 0.3 is 135 Å². The van der Waals surface area contributed by atoms with Crippen molar-refractivity contribution in [2.24, 2.45) is 0 Å². The van der Waals surface area contributed by atoms with Crippen LogP contribution in [0.3, 0.4) is 0 Å². The molecule has 6 nitrogen and oxygen atoms in total. The molecule has 0 N–H and O–H groups in total. The number of aromatic nitrogens is 4. The van der Waals surface area contributed by atoms with E-state index in [9.17, 15) is 4.39 Å². The molecule has 8 heteroatoms. The quantitative estimate of drug-likeness (QED) is 0.414. The molecule has 5 rings (SSSR count). The van der Waals surface area contributed by atoms with Gasteiger partial charge in [0, 0.05) is 19.2 Å². The first kappa shape index (κ1) is 19.6. The Morgan fingerprint density at radius 3 is 2.52 bits per heavy atom. The Labute approximate surface area is 187 Å². The number of ether oxygens (including phenoxy) is 1. The van der Waals surface area contributed by atoms with Crippen molar-refractivity contribution >= 4 is 27.2 Å². The van der Waals surface area contributed by atoms with Crippen LogP contribution in [0.1, 0.15) is 6.42 Å². The number of nitrogens with zero attached hydrogens (tertiary/aromatic N) is 5. The van der Waals surface area contributed by atoms with Gasteiger partial charge < -0.3 is 4.90 Å². The van der Waals surface area contributed by atoms with Crippen LogP contribution in [-0.2, 0) is 0 Å². The molecule has 1 aliphatic heterocycles. The fourth-order valence-corrected chi connectivity index (χ4v) is 3.69. The molecule has 0 bridgehead atoms. The van der Waals surface area contributed by atoms with E-state index in [-0.39, 0.29) is 5.82 Å². The second-order valence-corrected chi connectivity index (χ2v) is 8.42.